The summed E-state index contributed by atoms with van der Waals surface area (Å²) in [6.45, 7) is 1.55. The predicted molar refractivity (Wildman–Crippen MR) is 61.1 cm³/mol. The van der Waals surface area contributed by atoms with E-state index in [0.717, 1.165) is 11.1 Å². The maximum Gasteiger partial charge on any atom is 0.159 e. The van der Waals surface area contributed by atoms with E-state index >= 15 is 0 Å². The molecule has 1 aromatic carbocycles. The molecule has 0 aliphatic heterocycles. The van der Waals surface area contributed by atoms with Gasteiger partial charge in [-0.15, -0.1) is 0 Å². The van der Waals surface area contributed by atoms with Crippen molar-refractivity contribution < 1.29 is 9.21 Å². The van der Waals surface area contributed by atoms with E-state index in [2.05, 4.69) is 11.8 Å². The second-order valence-corrected chi connectivity index (χ2v) is 3.40. The summed E-state index contributed by atoms with van der Waals surface area (Å²) in [5, 5.41) is 0. The van der Waals surface area contributed by atoms with Crippen LogP contribution in [0.5, 0.6) is 0 Å². The smallest absolute Gasteiger partial charge is 0.159 e. The second kappa shape index (κ2) is 4.50. The van der Waals surface area contributed by atoms with Crippen molar-refractivity contribution in [3.8, 4) is 11.8 Å². The zero-order valence-electron chi connectivity index (χ0n) is 8.86. The molecule has 0 saturated carbocycles. The number of carbonyl (C=O) groups excluding carboxylic acids is 1. The van der Waals surface area contributed by atoms with Gasteiger partial charge in [0.05, 0.1) is 11.8 Å². The lowest BCUT2D eigenvalue weighted by molar-refractivity contribution is 0.101. The van der Waals surface area contributed by atoms with Crippen molar-refractivity contribution in [3.05, 3.63) is 59.5 Å². The Balaban J connectivity index is 2.20. The molecule has 2 heteroatoms. The molecule has 1 aromatic heterocycles. The quantitative estimate of drug-likeness (QED) is 0.535. The summed E-state index contributed by atoms with van der Waals surface area (Å²) in [5.41, 5.74) is 2.43. The number of furan rings is 1. The maximum atomic E-state index is 11.1. The minimum Gasteiger partial charge on any atom is -0.471 e. The zero-order chi connectivity index (χ0) is 11.4. The molecule has 0 aliphatic rings. The molecule has 0 fully saturated rings. The predicted octanol–water partition coefficient (Wildman–Crippen LogP) is 2.88. The fourth-order valence-electron chi connectivity index (χ4n) is 1.27. The lowest BCUT2D eigenvalue weighted by Gasteiger charge is -1.94. The Hall–Kier alpha value is -2.27. The molecule has 0 amide bonds. The lowest BCUT2D eigenvalue weighted by Crippen LogP contribution is -1.90. The molecule has 0 bridgehead atoms. The summed E-state index contributed by atoms with van der Waals surface area (Å²) in [5.74, 6) is 6.02. The van der Waals surface area contributed by atoms with Crippen LogP contribution in [0.1, 0.15) is 28.4 Å². The van der Waals surface area contributed by atoms with Crippen LogP contribution in [0.3, 0.4) is 0 Å². The van der Waals surface area contributed by atoms with Crippen molar-refractivity contribution in [2.75, 3.05) is 0 Å². The van der Waals surface area contributed by atoms with E-state index in [4.69, 9.17) is 4.42 Å². The van der Waals surface area contributed by atoms with Gasteiger partial charge >= 0.3 is 0 Å². The van der Waals surface area contributed by atoms with Crippen LogP contribution in [-0.4, -0.2) is 5.78 Å². The minimum atomic E-state index is 0.0642. The Kier molecular flexibility index (Phi) is 2.88. The summed E-state index contributed by atoms with van der Waals surface area (Å²) in [4.78, 5) is 11.1. The average Bonchev–Trinajstić information content (AvgIpc) is 2.80. The van der Waals surface area contributed by atoms with Crippen LogP contribution in [0.25, 0.3) is 0 Å². The van der Waals surface area contributed by atoms with E-state index < -0.39 is 0 Å². The molecule has 16 heavy (non-hydrogen) atoms. The van der Waals surface area contributed by atoms with Crippen LogP contribution in [0.4, 0.5) is 0 Å². The first-order valence-corrected chi connectivity index (χ1v) is 4.91. The number of rotatable bonds is 1. The average molecular weight is 210 g/mol. The Bertz CT molecular complexity index is 537. The first kappa shape index (κ1) is 10.3. The zero-order valence-corrected chi connectivity index (χ0v) is 8.86. The van der Waals surface area contributed by atoms with Gasteiger partial charge in [-0.2, -0.15) is 0 Å². The molecule has 2 aromatic rings. The molecule has 0 radical (unpaired) electrons. The fraction of sp³-hybridized carbons (Fsp3) is 0.0714. The number of carbonyl (C=O) groups is 1. The van der Waals surface area contributed by atoms with Crippen LogP contribution < -0.4 is 0 Å². The Morgan fingerprint density at radius 1 is 1.06 bits per heavy atom. The Morgan fingerprint density at radius 3 is 2.31 bits per heavy atom. The highest BCUT2D eigenvalue weighted by atomic mass is 16.3. The highest BCUT2D eigenvalue weighted by molar-refractivity contribution is 5.94. The van der Waals surface area contributed by atoms with E-state index in [1.165, 1.54) is 0 Å². The van der Waals surface area contributed by atoms with Crippen LogP contribution in [0.2, 0.25) is 0 Å². The summed E-state index contributed by atoms with van der Waals surface area (Å²) >= 11 is 0. The van der Waals surface area contributed by atoms with E-state index in [0.29, 0.717) is 5.56 Å². The third-order valence-electron chi connectivity index (χ3n) is 2.16. The molecule has 0 saturated heterocycles. The molecule has 0 atom stereocenters. The molecule has 1 heterocycles. The largest absolute Gasteiger partial charge is 0.471 e. The minimum absolute atomic E-state index is 0.0642. The van der Waals surface area contributed by atoms with Gasteiger partial charge in [0, 0.05) is 11.1 Å². The highest BCUT2D eigenvalue weighted by Crippen LogP contribution is 2.04. The number of Topliss-reactive ketones (excluding diaryl/α,β-unsaturated/α-hetero) is 1. The van der Waals surface area contributed by atoms with Crippen molar-refractivity contribution in [1.82, 2.24) is 0 Å². The summed E-state index contributed by atoms with van der Waals surface area (Å²) in [7, 11) is 0. The lowest BCUT2D eigenvalue weighted by atomic mass is 10.1. The fourth-order valence-corrected chi connectivity index (χ4v) is 1.27. The molecule has 2 nitrogen and oxygen atoms in total. The number of hydrogen-bond donors (Lipinski definition) is 0. The van der Waals surface area contributed by atoms with E-state index in [1.54, 1.807) is 37.6 Å². The van der Waals surface area contributed by atoms with E-state index in [1.807, 2.05) is 12.1 Å². The Labute approximate surface area is 93.9 Å². The number of hydrogen-bond acceptors (Lipinski definition) is 2. The standard InChI is InChI=1S/C14H10O2/c1-11(15)14-6-4-12(5-7-14)2-3-13-8-9-16-10-13/h4-10H,1H3. The van der Waals surface area contributed by atoms with Gasteiger partial charge in [0.15, 0.2) is 5.78 Å². The van der Waals surface area contributed by atoms with Gasteiger partial charge in [-0.05, 0) is 25.1 Å². The van der Waals surface area contributed by atoms with Crippen LogP contribution in [0.15, 0.2) is 47.3 Å². The van der Waals surface area contributed by atoms with Crippen molar-refractivity contribution in [1.29, 1.82) is 0 Å². The molecule has 0 spiro atoms. The summed E-state index contributed by atoms with van der Waals surface area (Å²) in [6, 6.07) is 9.04. The Morgan fingerprint density at radius 2 is 1.75 bits per heavy atom. The molecule has 0 unspecified atom stereocenters. The van der Waals surface area contributed by atoms with Gasteiger partial charge in [-0.1, -0.05) is 24.0 Å². The van der Waals surface area contributed by atoms with Crippen molar-refractivity contribution in [2.45, 2.75) is 6.92 Å². The van der Waals surface area contributed by atoms with E-state index in [9.17, 15) is 4.79 Å². The molecule has 0 N–H and O–H groups in total. The molecular formula is C14H10O2. The third-order valence-corrected chi connectivity index (χ3v) is 2.16. The van der Waals surface area contributed by atoms with Crippen molar-refractivity contribution in [3.63, 3.8) is 0 Å². The highest BCUT2D eigenvalue weighted by Gasteiger charge is 1.96. The SMILES string of the molecule is CC(=O)c1ccc(C#Cc2ccoc2)cc1. The molecule has 0 aliphatic carbocycles. The van der Waals surface area contributed by atoms with Crippen molar-refractivity contribution in [2.24, 2.45) is 0 Å². The summed E-state index contributed by atoms with van der Waals surface area (Å²) in [6.07, 6.45) is 3.18. The van der Waals surface area contributed by atoms with Gasteiger partial charge in [0.2, 0.25) is 0 Å². The molecule has 2 rings (SSSR count). The third kappa shape index (κ3) is 2.40. The molecular weight excluding hydrogens is 200 g/mol. The van der Waals surface area contributed by atoms with E-state index in [-0.39, 0.29) is 5.78 Å². The van der Waals surface area contributed by atoms with Crippen LogP contribution >= 0.6 is 0 Å². The topological polar surface area (TPSA) is 30.2 Å². The van der Waals surface area contributed by atoms with Gasteiger partial charge in [0.1, 0.15) is 6.26 Å². The first-order valence-electron chi connectivity index (χ1n) is 4.91. The van der Waals surface area contributed by atoms with Crippen LogP contribution in [0, 0.1) is 11.8 Å². The van der Waals surface area contributed by atoms with Gasteiger partial charge in [-0.3, -0.25) is 4.79 Å². The van der Waals surface area contributed by atoms with Gasteiger partial charge < -0.3 is 4.42 Å². The molecule has 78 valence electrons. The maximum absolute atomic E-state index is 11.1. The summed E-state index contributed by atoms with van der Waals surface area (Å²) < 4.78 is 4.91. The van der Waals surface area contributed by atoms with Crippen molar-refractivity contribution >= 4 is 5.78 Å². The van der Waals surface area contributed by atoms with Gasteiger partial charge in [0.25, 0.3) is 0 Å². The van der Waals surface area contributed by atoms with Crippen LogP contribution in [-0.2, 0) is 0 Å². The number of ketones is 1. The second-order valence-electron chi connectivity index (χ2n) is 3.40. The normalized spacial score (nSPS) is 9.31. The van der Waals surface area contributed by atoms with Gasteiger partial charge in [-0.25, -0.2) is 0 Å². The monoisotopic (exact) mass is 210 g/mol. The first-order chi connectivity index (χ1) is 7.75. The number of benzene rings is 1.